The van der Waals surface area contributed by atoms with Crippen molar-refractivity contribution in [1.82, 2.24) is 0 Å². The van der Waals surface area contributed by atoms with E-state index in [1.165, 1.54) is 0 Å². The van der Waals surface area contributed by atoms with E-state index in [2.05, 4.69) is 4.72 Å². The van der Waals surface area contributed by atoms with E-state index < -0.39 is 10.0 Å². The Balaban J connectivity index is 2.56. The highest BCUT2D eigenvalue weighted by Gasteiger charge is 2.22. The van der Waals surface area contributed by atoms with Crippen molar-refractivity contribution in [3.05, 3.63) is 23.8 Å². The van der Waals surface area contributed by atoms with Crippen LogP contribution in [0.25, 0.3) is 0 Å². The van der Waals surface area contributed by atoms with Crippen molar-refractivity contribution in [1.29, 1.82) is 0 Å². The summed E-state index contributed by atoms with van der Waals surface area (Å²) in [5.41, 5.74) is 7.44. The van der Waals surface area contributed by atoms with Crippen LogP contribution in [-0.2, 0) is 15.8 Å². The van der Waals surface area contributed by atoms with E-state index >= 15 is 0 Å². The van der Waals surface area contributed by atoms with Crippen LogP contribution in [0.3, 0.4) is 0 Å². The Morgan fingerprint density at radius 2 is 2.17 bits per heavy atom. The first-order valence-electron chi connectivity index (χ1n) is 3.46. The van der Waals surface area contributed by atoms with Gasteiger partial charge in [0.05, 0.1) is 11.4 Å². The van der Waals surface area contributed by atoms with Crippen LogP contribution in [0.4, 0.5) is 11.4 Å². The minimum absolute atomic E-state index is 0.0581. The number of hydrogen-bond acceptors (Lipinski definition) is 3. The molecule has 1 aliphatic heterocycles. The van der Waals surface area contributed by atoms with E-state index in [9.17, 15) is 8.42 Å². The molecule has 0 atom stereocenters. The van der Waals surface area contributed by atoms with E-state index in [0.29, 0.717) is 11.4 Å². The van der Waals surface area contributed by atoms with Crippen LogP contribution >= 0.6 is 0 Å². The third-order valence-corrected chi connectivity index (χ3v) is 2.97. The fourth-order valence-corrected chi connectivity index (χ4v) is 2.48. The number of nitrogen functional groups attached to an aromatic ring is 1. The third-order valence-electron chi connectivity index (χ3n) is 1.74. The molecule has 3 N–H and O–H groups in total. The highest BCUT2D eigenvalue weighted by atomic mass is 32.2. The lowest BCUT2D eigenvalue weighted by molar-refractivity contribution is 0.602. The van der Waals surface area contributed by atoms with Gasteiger partial charge in [-0.25, -0.2) is 8.42 Å². The maximum absolute atomic E-state index is 11.0. The molecule has 12 heavy (non-hydrogen) atoms. The molecule has 0 fully saturated rings. The van der Waals surface area contributed by atoms with Crippen molar-refractivity contribution in [2.45, 2.75) is 5.75 Å². The number of sulfonamides is 1. The number of nitrogens with one attached hydrogen (secondary N) is 1. The summed E-state index contributed by atoms with van der Waals surface area (Å²) in [5, 5.41) is 0. The normalized spacial score (nSPS) is 18.3. The first kappa shape index (κ1) is 7.42. The number of benzene rings is 1. The van der Waals surface area contributed by atoms with Gasteiger partial charge in [0, 0.05) is 5.69 Å². The van der Waals surface area contributed by atoms with Gasteiger partial charge in [-0.3, -0.25) is 4.72 Å². The van der Waals surface area contributed by atoms with E-state index in [0.717, 1.165) is 5.56 Å². The molecule has 1 aromatic rings. The van der Waals surface area contributed by atoms with E-state index in [1.54, 1.807) is 18.2 Å². The van der Waals surface area contributed by atoms with Crippen molar-refractivity contribution in [2.75, 3.05) is 10.5 Å². The summed E-state index contributed by atoms with van der Waals surface area (Å²) in [4.78, 5) is 0. The Morgan fingerprint density at radius 1 is 1.42 bits per heavy atom. The van der Waals surface area contributed by atoms with E-state index in [4.69, 9.17) is 5.73 Å². The van der Waals surface area contributed by atoms with E-state index in [1.807, 2.05) is 0 Å². The average molecular weight is 184 g/mol. The zero-order valence-electron chi connectivity index (χ0n) is 6.24. The van der Waals surface area contributed by atoms with Crippen LogP contribution in [-0.4, -0.2) is 8.42 Å². The Bertz CT molecular complexity index is 425. The van der Waals surface area contributed by atoms with Crippen molar-refractivity contribution in [3.8, 4) is 0 Å². The van der Waals surface area contributed by atoms with Crippen molar-refractivity contribution >= 4 is 21.4 Å². The molecule has 1 heterocycles. The highest BCUT2D eigenvalue weighted by molar-refractivity contribution is 7.92. The third kappa shape index (κ3) is 1.12. The standard InChI is InChI=1S/C7H8N2O2S/c8-6-2-1-5-4-12(10,11)9-7(5)3-6/h1-3,9H,4,8H2. The molecule has 0 unspecified atom stereocenters. The summed E-state index contributed by atoms with van der Waals surface area (Å²) in [6, 6.07) is 5.05. The molecule has 64 valence electrons. The maximum Gasteiger partial charge on any atom is 0.237 e. The second-order valence-corrected chi connectivity index (χ2v) is 4.50. The minimum Gasteiger partial charge on any atom is -0.399 e. The maximum atomic E-state index is 11.0. The molecule has 0 aliphatic carbocycles. The second-order valence-electron chi connectivity index (χ2n) is 2.78. The summed E-state index contributed by atoms with van der Waals surface area (Å²) in [6.07, 6.45) is 0. The van der Waals surface area contributed by atoms with Crippen LogP contribution in [0, 0.1) is 0 Å². The fourth-order valence-electron chi connectivity index (χ4n) is 1.22. The molecule has 1 aliphatic rings. The monoisotopic (exact) mass is 184 g/mol. The largest absolute Gasteiger partial charge is 0.399 e. The molecular formula is C7H8N2O2S. The summed E-state index contributed by atoms with van der Waals surface area (Å²) < 4.78 is 24.5. The smallest absolute Gasteiger partial charge is 0.237 e. The predicted molar refractivity (Wildman–Crippen MR) is 47.1 cm³/mol. The van der Waals surface area contributed by atoms with Crippen LogP contribution in [0.5, 0.6) is 0 Å². The minimum atomic E-state index is -3.13. The van der Waals surface area contributed by atoms with Crippen molar-refractivity contribution < 1.29 is 8.42 Å². The molecule has 5 heteroatoms. The number of anilines is 2. The van der Waals surface area contributed by atoms with Gasteiger partial charge in [-0.2, -0.15) is 0 Å². The van der Waals surface area contributed by atoms with Gasteiger partial charge in [0.25, 0.3) is 0 Å². The quantitative estimate of drug-likeness (QED) is 0.577. The van der Waals surface area contributed by atoms with Gasteiger partial charge in [0.15, 0.2) is 0 Å². The van der Waals surface area contributed by atoms with Gasteiger partial charge in [0.1, 0.15) is 0 Å². The van der Waals surface area contributed by atoms with Crippen molar-refractivity contribution in [3.63, 3.8) is 0 Å². The van der Waals surface area contributed by atoms with Gasteiger partial charge in [0.2, 0.25) is 10.0 Å². The van der Waals surface area contributed by atoms with Crippen LogP contribution in [0.1, 0.15) is 5.56 Å². The number of fused-ring (bicyclic) bond motifs is 1. The molecule has 0 bridgehead atoms. The molecule has 4 nitrogen and oxygen atoms in total. The Kier molecular flexibility index (Phi) is 1.32. The highest BCUT2D eigenvalue weighted by Crippen LogP contribution is 2.28. The Morgan fingerprint density at radius 3 is 2.92 bits per heavy atom. The molecule has 0 spiro atoms. The average Bonchev–Trinajstić information content (AvgIpc) is 2.21. The molecule has 0 aromatic heterocycles. The SMILES string of the molecule is Nc1ccc2c(c1)NS(=O)(=O)C2. The summed E-state index contributed by atoms with van der Waals surface area (Å²) in [7, 11) is -3.13. The molecule has 1 aromatic carbocycles. The first-order valence-corrected chi connectivity index (χ1v) is 5.11. The van der Waals surface area contributed by atoms with Crippen LogP contribution < -0.4 is 10.5 Å². The van der Waals surface area contributed by atoms with Gasteiger partial charge < -0.3 is 5.73 Å². The zero-order valence-corrected chi connectivity index (χ0v) is 7.06. The van der Waals surface area contributed by atoms with Crippen LogP contribution in [0.15, 0.2) is 18.2 Å². The van der Waals surface area contributed by atoms with Gasteiger partial charge in [-0.05, 0) is 17.7 Å². The van der Waals surface area contributed by atoms with E-state index in [-0.39, 0.29) is 5.75 Å². The molecule has 0 amide bonds. The van der Waals surface area contributed by atoms with Crippen LogP contribution in [0.2, 0.25) is 0 Å². The Labute approximate surface area is 70.4 Å². The lowest BCUT2D eigenvalue weighted by atomic mass is 10.2. The Hall–Kier alpha value is -1.23. The molecular weight excluding hydrogens is 176 g/mol. The summed E-state index contributed by atoms with van der Waals surface area (Å²) >= 11 is 0. The molecule has 2 rings (SSSR count). The summed E-state index contributed by atoms with van der Waals surface area (Å²) in [5.74, 6) is 0.0581. The molecule has 0 saturated carbocycles. The van der Waals surface area contributed by atoms with Gasteiger partial charge >= 0.3 is 0 Å². The number of hydrogen-bond donors (Lipinski definition) is 2. The lowest BCUT2D eigenvalue weighted by Crippen LogP contribution is -2.05. The number of nitrogens with two attached hydrogens (primary N) is 1. The predicted octanol–water partition coefficient (Wildman–Crippen LogP) is 0.524. The molecule has 0 saturated heterocycles. The lowest BCUT2D eigenvalue weighted by Gasteiger charge is -1.97. The summed E-state index contributed by atoms with van der Waals surface area (Å²) in [6.45, 7) is 0. The molecule has 0 radical (unpaired) electrons. The van der Waals surface area contributed by atoms with Gasteiger partial charge in [-0.1, -0.05) is 6.07 Å². The topological polar surface area (TPSA) is 72.2 Å². The van der Waals surface area contributed by atoms with Crippen molar-refractivity contribution in [2.24, 2.45) is 0 Å². The first-order chi connectivity index (χ1) is 5.57. The van der Waals surface area contributed by atoms with Gasteiger partial charge in [-0.15, -0.1) is 0 Å². The zero-order chi connectivity index (χ0) is 8.77. The second kappa shape index (κ2) is 2.13. The fraction of sp³-hybridized carbons (Fsp3) is 0.143. The number of rotatable bonds is 0.